The van der Waals surface area contributed by atoms with E-state index in [1.54, 1.807) is 0 Å². The van der Waals surface area contributed by atoms with Gasteiger partial charge in [0, 0.05) is 38.2 Å². The first kappa shape index (κ1) is 20.2. The summed E-state index contributed by atoms with van der Waals surface area (Å²) in [5, 5.41) is 0. The third-order valence-corrected chi connectivity index (χ3v) is 5.29. The van der Waals surface area contributed by atoms with E-state index in [0.29, 0.717) is 32.0 Å². The first-order valence-electron chi connectivity index (χ1n) is 10.3. The number of morpholine rings is 1. The van der Waals surface area contributed by atoms with Gasteiger partial charge in [0.25, 0.3) is 0 Å². The number of benzene rings is 1. The molecule has 0 N–H and O–H groups in total. The summed E-state index contributed by atoms with van der Waals surface area (Å²) in [5.74, 6) is 1.71. The van der Waals surface area contributed by atoms with Crippen LogP contribution in [0.2, 0.25) is 0 Å². The van der Waals surface area contributed by atoms with Gasteiger partial charge in [-0.1, -0.05) is 19.9 Å². The van der Waals surface area contributed by atoms with Gasteiger partial charge >= 0.3 is 0 Å². The second kappa shape index (κ2) is 9.07. The molecule has 5 nitrogen and oxygen atoms in total. The predicted molar refractivity (Wildman–Crippen MR) is 107 cm³/mol. The SMILES string of the molecule is CC(C)CCC(=O)N1CCOc2ccc(CN3C[C@@H](C)O[C@@H](C)C3)cc2C1. The van der Waals surface area contributed by atoms with E-state index in [-0.39, 0.29) is 18.1 Å². The summed E-state index contributed by atoms with van der Waals surface area (Å²) in [5.41, 5.74) is 2.40. The fourth-order valence-corrected chi connectivity index (χ4v) is 4.00. The summed E-state index contributed by atoms with van der Waals surface area (Å²) >= 11 is 0. The van der Waals surface area contributed by atoms with Gasteiger partial charge in [0.15, 0.2) is 0 Å². The highest BCUT2D eigenvalue weighted by Crippen LogP contribution is 2.26. The lowest BCUT2D eigenvalue weighted by molar-refractivity contribution is -0.132. The second-order valence-corrected chi connectivity index (χ2v) is 8.49. The number of hydrogen-bond donors (Lipinski definition) is 0. The number of fused-ring (bicyclic) bond motifs is 1. The molecule has 0 unspecified atom stereocenters. The van der Waals surface area contributed by atoms with E-state index in [1.807, 2.05) is 4.90 Å². The predicted octanol–water partition coefficient (Wildman–Crippen LogP) is 3.45. The molecule has 5 heteroatoms. The number of carbonyl (C=O) groups excluding carboxylic acids is 1. The van der Waals surface area contributed by atoms with Crippen molar-refractivity contribution in [3.05, 3.63) is 29.3 Å². The highest BCUT2D eigenvalue weighted by molar-refractivity contribution is 5.76. The van der Waals surface area contributed by atoms with Crippen LogP contribution in [0.1, 0.15) is 51.7 Å². The van der Waals surface area contributed by atoms with Gasteiger partial charge < -0.3 is 14.4 Å². The molecule has 1 amide bonds. The van der Waals surface area contributed by atoms with Crippen molar-refractivity contribution in [3.8, 4) is 5.75 Å². The third kappa shape index (κ3) is 5.69. The molecule has 2 atom stereocenters. The molecule has 2 aliphatic rings. The summed E-state index contributed by atoms with van der Waals surface area (Å²) in [6.07, 6.45) is 2.10. The van der Waals surface area contributed by atoms with E-state index < -0.39 is 0 Å². The summed E-state index contributed by atoms with van der Waals surface area (Å²) in [6.45, 7) is 13.3. The van der Waals surface area contributed by atoms with E-state index in [2.05, 4.69) is 50.8 Å². The minimum absolute atomic E-state index is 0.237. The summed E-state index contributed by atoms with van der Waals surface area (Å²) in [4.78, 5) is 17.0. The third-order valence-electron chi connectivity index (χ3n) is 5.29. The smallest absolute Gasteiger partial charge is 0.222 e. The Morgan fingerprint density at radius 2 is 1.96 bits per heavy atom. The van der Waals surface area contributed by atoms with E-state index in [9.17, 15) is 4.79 Å². The van der Waals surface area contributed by atoms with Crippen LogP contribution in [0.3, 0.4) is 0 Å². The van der Waals surface area contributed by atoms with Crippen LogP contribution in [0, 0.1) is 5.92 Å². The van der Waals surface area contributed by atoms with Crippen molar-refractivity contribution in [2.24, 2.45) is 5.92 Å². The molecule has 2 heterocycles. The van der Waals surface area contributed by atoms with Crippen molar-refractivity contribution in [1.29, 1.82) is 0 Å². The van der Waals surface area contributed by atoms with Gasteiger partial charge in [0.2, 0.25) is 5.91 Å². The van der Waals surface area contributed by atoms with E-state index >= 15 is 0 Å². The number of amides is 1. The van der Waals surface area contributed by atoms with E-state index in [1.165, 1.54) is 5.56 Å². The van der Waals surface area contributed by atoms with Gasteiger partial charge in [0.05, 0.1) is 18.8 Å². The van der Waals surface area contributed by atoms with Crippen LogP contribution in [-0.4, -0.2) is 54.2 Å². The highest BCUT2D eigenvalue weighted by atomic mass is 16.5. The van der Waals surface area contributed by atoms with E-state index in [4.69, 9.17) is 9.47 Å². The Labute approximate surface area is 163 Å². The average Bonchev–Trinajstić information content (AvgIpc) is 2.80. The molecule has 0 radical (unpaired) electrons. The van der Waals surface area contributed by atoms with Crippen molar-refractivity contribution in [3.63, 3.8) is 0 Å². The van der Waals surface area contributed by atoms with E-state index in [0.717, 1.165) is 37.4 Å². The largest absolute Gasteiger partial charge is 0.491 e. The Hall–Kier alpha value is -1.59. The zero-order valence-corrected chi connectivity index (χ0v) is 17.2. The minimum atomic E-state index is 0.237. The van der Waals surface area contributed by atoms with Crippen LogP contribution in [0.15, 0.2) is 18.2 Å². The first-order chi connectivity index (χ1) is 12.9. The Kier molecular flexibility index (Phi) is 6.77. The van der Waals surface area contributed by atoms with Crippen LogP contribution in [0.4, 0.5) is 0 Å². The Morgan fingerprint density at radius 3 is 2.67 bits per heavy atom. The molecular weight excluding hydrogens is 340 g/mol. The molecule has 0 saturated carbocycles. The Morgan fingerprint density at radius 1 is 1.22 bits per heavy atom. The molecule has 2 aliphatic heterocycles. The molecule has 1 aromatic carbocycles. The molecule has 1 aromatic rings. The lowest BCUT2D eigenvalue weighted by Gasteiger charge is -2.35. The number of carbonyl (C=O) groups is 1. The maximum atomic E-state index is 12.6. The zero-order valence-electron chi connectivity index (χ0n) is 17.2. The van der Waals surface area contributed by atoms with Crippen LogP contribution < -0.4 is 4.74 Å². The molecule has 1 saturated heterocycles. The van der Waals surface area contributed by atoms with Gasteiger partial charge in [-0.25, -0.2) is 0 Å². The molecule has 27 heavy (non-hydrogen) atoms. The number of rotatable bonds is 5. The molecule has 1 fully saturated rings. The number of nitrogens with zero attached hydrogens (tertiary/aromatic N) is 2. The lowest BCUT2D eigenvalue weighted by atomic mass is 10.1. The summed E-state index contributed by atoms with van der Waals surface area (Å²) in [7, 11) is 0. The fourth-order valence-electron chi connectivity index (χ4n) is 4.00. The van der Waals surface area contributed by atoms with Crippen LogP contribution in [0.25, 0.3) is 0 Å². The quantitative estimate of drug-likeness (QED) is 0.792. The van der Waals surface area contributed by atoms with Crippen molar-refractivity contribution < 1.29 is 14.3 Å². The molecule has 0 aromatic heterocycles. The fraction of sp³-hybridized carbons (Fsp3) is 0.682. The zero-order chi connectivity index (χ0) is 19.4. The average molecular weight is 375 g/mol. The molecule has 0 spiro atoms. The molecule has 0 bridgehead atoms. The van der Waals surface area contributed by atoms with Gasteiger partial charge in [-0.3, -0.25) is 9.69 Å². The van der Waals surface area contributed by atoms with Gasteiger partial charge in [-0.05, 0) is 43.9 Å². The Bertz CT molecular complexity index is 636. The van der Waals surface area contributed by atoms with Crippen LogP contribution >= 0.6 is 0 Å². The number of ether oxygens (including phenoxy) is 2. The standard InChI is InChI=1S/C22H34N2O3/c1-16(2)5-8-22(25)24-9-10-26-21-7-6-19(11-20(21)15-24)14-23-12-17(3)27-18(4)13-23/h6-7,11,16-18H,5,8-10,12-15H2,1-4H3/t17-,18+. The molecule has 0 aliphatic carbocycles. The first-order valence-corrected chi connectivity index (χ1v) is 10.3. The maximum Gasteiger partial charge on any atom is 0.222 e. The van der Waals surface area contributed by atoms with Crippen molar-refractivity contribution in [2.45, 2.75) is 65.8 Å². The van der Waals surface area contributed by atoms with Crippen LogP contribution in [0.5, 0.6) is 5.75 Å². The van der Waals surface area contributed by atoms with Crippen LogP contribution in [-0.2, 0) is 22.6 Å². The molecule has 150 valence electrons. The maximum absolute atomic E-state index is 12.6. The topological polar surface area (TPSA) is 42.0 Å². The minimum Gasteiger partial charge on any atom is -0.491 e. The molecular formula is C22H34N2O3. The Balaban J connectivity index is 1.67. The van der Waals surface area contributed by atoms with Crippen molar-refractivity contribution in [2.75, 3.05) is 26.2 Å². The van der Waals surface area contributed by atoms with Gasteiger partial charge in [-0.15, -0.1) is 0 Å². The molecule has 3 rings (SSSR count). The normalized spacial score (nSPS) is 23.7. The second-order valence-electron chi connectivity index (χ2n) is 8.49. The van der Waals surface area contributed by atoms with Crippen molar-refractivity contribution in [1.82, 2.24) is 9.80 Å². The number of hydrogen-bond acceptors (Lipinski definition) is 4. The monoisotopic (exact) mass is 374 g/mol. The summed E-state index contributed by atoms with van der Waals surface area (Å²) in [6, 6.07) is 6.44. The lowest BCUT2D eigenvalue weighted by Crippen LogP contribution is -2.44. The highest BCUT2D eigenvalue weighted by Gasteiger charge is 2.23. The van der Waals surface area contributed by atoms with Crippen molar-refractivity contribution >= 4 is 5.91 Å². The van der Waals surface area contributed by atoms with Gasteiger partial charge in [0.1, 0.15) is 12.4 Å². The van der Waals surface area contributed by atoms with Gasteiger partial charge in [-0.2, -0.15) is 0 Å². The summed E-state index contributed by atoms with van der Waals surface area (Å²) < 4.78 is 11.7.